The van der Waals surface area contributed by atoms with Gasteiger partial charge in [0.15, 0.2) is 0 Å². The highest BCUT2D eigenvalue weighted by molar-refractivity contribution is 8.00. The first-order chi connectivity index (χ1) is 9.99. The van der Waals surface area contributed by atoms with Gasteiger partial charge in [-0.3, -0.25) is 4.79 Å². The lowest BCUT2D eigenvalue weighted by Crippen LogP contribution is -2.44. The van der Waals surface area contributed by atoms with Gasteiger partial charge in [-0.15, -0.1) is 11.8 Å². The summed E-state index contributed by atoms with van der Waals surface area (Å²) in [6.45, 7) is 6.54. The van der Waals surface area contributed by atoms with Crippen LogP contribution in [0.15, 0.2) is 23.1 Å². The van der Waals surface area contributed by atoms with Crippen molar-refractivity contribution in [3.05, 3.63) is 23.8 Å². The smallest absolute Gasteiger partial charge is 0.230 e. The number of nitrogens with one attached hydrogen (secondary N) is 1. The number of thioether (sulfide) groups is 1. The third-order valence-corrected chi connectivity index (χ3v) is 5.90. The number of benzene rings is 1. The highest BCUT2D eigenvalue weighted by atomic mass is 32.2. The van der Waals surface area contributed by atoms with E-state index in [1.54, 1.807) is 11.8 Å². The molecule has 3 nitrogen and oxygen atoms in total. The molecule has 1 aromatic carbocycles. The van der Waals surface area contributed by atoms with Crippen molar-refractivity contribution in [2.75, 3.05) is 11.5 Å². The molecule has 0 bridgehead atoms. The van der Waals surface area contributed by atoms with Crippen LogP contribution in [0.4, 0.5) is 5.69 Å². The van der Waals surface area contributed by atoms with E-state index in [1.165, 1.54) is 12.8 Å². The molecule has 3 atom stereocenters. The molecule has 0 heterocycles. The highest BCUT2D eigenvalue weighted by Crippen LogP contribution is 2.30. The van der Waals surface area contributed by atoms with E-state index in [1.807, 2.05) is 25.1 Å². The minimum Gasteiger partial charge on any atom is -0.398 e. The Labute approximate surface area is 132 Å². The predicted octanol–water partition coefficient (Wildman–Crippen LogP) is 3.61. The highest BCUT2D eigenvalue weighted by Gasteiger charge is 2.27. The Balaban J connectivity index is 1.86. The average Bonchev–Trinajstić information content (AvgIpc) is 2.45. The fourth-order valence-corrected chi connectivity index (χ4v) is 3.84. The van der Waals surface area contributed by atoms with E-state index in [0.29, 0.717) is 23.6 Å². The number of carbonyl (C=O) groups is 1. The van der Waals surface area contributed by atoms with Crippen LogP contribution in [0, 0.1) is 18.8 Å². The van der Waals surface area contributed by atoms with Gasteiger partial charge >= 0.3 is 0 Å². The fourth-order valence-electron chi connectivity index (χ4n) is 2.97. The van der Waals surface area contributed by atoms with Crippen LogP contribution in [-0.4, -0.2) is 17.7 Å². The summed E-state index contributed by atoms with van der Waals surface area (Å²) in [6.07, 6.45) is 3.61. The molecule has 0 radical (unpaired) electrons. The van der Waals surface area contributed by atoms with Crippen LogP contribution in [0.2, 0.25) is 0 Å². The van der Waals surface area contributed by atoms with Crippen molar-refractivity contribution in [2.45, 2.75) is 51.0 Å². The van der Waals surface area contributed by atoms with E-state index in [4.69, 9.17) is 5.73 Å². The van der Waals surface area contributed by atoms with Gasteiger partial charge < -0.3 is 11.1 Å². The van der Waals surface area contributed by atoms with E-state index < -0.39 is 0 Å². The number of rotatable bonds is 4. The standard InChI is InChI=1S/C17H26N2OS/c1-11-6-4-8-15(12(11)2)19-17(20)10-21-16-9-5-7-14(18)13(16)3/h5,7,9,11-12,15H,4,6,8,10,18H2,1-3H3,(H,19,20). The van der Waals surface area contributed by atoms with E-state index in [-0.39, 0.29) is 5.91 Å². The van der Waals surface area contributed by atoms with Gasteiger partial charge in [-0.1, -0.05) is 32.8 Å². The monoisotopic (exact) mass is 306 g/mol. The Morgan fingerprint density at radius 1 is 1.38 bits per heavy atom. The molecule has 1 aliphatic rings. The molecular formula is C17H26N2OS. The average molecular weight is 306 g/mol. The summed E-state index contributed by atoms with van der Waals surface area (Å²) < 4.78 is 0. The van der Waals surface area contributed by atoms with E-state index in [2.05, 4.69) is 19.2 Å². The van der Waals surface area contributed by atoms with Crippen molar-refractivity contribution in [1.29, 1.82) is 0 Å². The zero-order chi connectivity index (χ0) is 15.4. The maximum Gasteiger partial charge on any atom is 0.230 e. The summed E-state index contributed by atoms with van der Waals surface area (Å²) in [5.74, 6) is 1.87. The number of nitrogens with two attached hydrogens (primary N) is 1. The number of nitrogen functional groups attached to an aromatic ring is 1. The number of anilines is 1. The molecule has 1 aliphatic carbocycles. The molecular weight excluding hydrogens is 280 g/mol. The quantitative estimate of drug-likeness (QED) is 0.660. The van der Waals surface area contributed by atoms with Crippen LogP contribution in [-0.2, 0) is 4.79 Å². The lowest BCUT2D eigenvalue weighted by molar-refractivity contribution is -0.119. The molecule has 0 aromatic heterocycles. The van der Waals surface area contributed by atoms with Crippen molar-refractivity contribution in [1.82, 2.24) is 5.32 Å². The molecule has 0 saturated heterocycles. The maximum absolute atomic E-state index is 12.2. The van der Waals surface area contributed by atoms with Gasteiger partial charge in [-0.2, -0.15) is 0 Å². The zero-order valence-electron chi connectivity index (χ0n) is 13.2. The van der Waals surface area contributed by atoms with Gasteiger partial charge in [0.1, 0.15) is 0 Å². The van der Waals surface area contributed by atoms with Crippen LogP contribution in [0.3, 0.4) is 0 Å². The van der Waals surface area contributed by atoms with Crippen LogP contribution >= 0.6 is 11.8 Å². The fraction of sp³-hybridized carbons (Fsp3) is 0.588. The predicted molar refractivity (Wildman–Crippen MR) is 90.4 cm³/mol. The largest absolute Gasteiger partial charge is 0.398 e. The van der Waals surface area contributed by atoms with Crippen molar-refractivity contribution in [3.63, 3.8) is 0 Å². The lowest BCUT2D eigenvalue weighted by Gasteiger charge is -2.34. The van der Waals surface area contributed by atoms with Crippen molar-refractivity contribution in [3.8, 4) is 0 Å². The molecule has 116 valence electrons. The maximum atomic E-state index is 12.2. The van der Waals surface area contributed by atoms with Crippen LogP contribution in [0.25, 0.3) is 0 Å². The molecule has 1 amide bonds. The van der Waals surface area contributed by atoms with Gasteiger partial charge in [0, 0.05) is 16.6 Å². The van der Waals surface area contributed by atoms with Crippen molar-refractivity contribution < 1.29 is 4.79 Å². The molecule has 1 saturated carbocycles. The third kappa shape index (κ3) is 4.16. The second-order valence-electron chi connectivity index (χ2n) is 6.20. The van der Waals surface area contributed by atoms with Crippen molar-refractivity contribution in [2.24, 2.45) is 11.8 Å². The summed E-state index contributed by atoms with van der Waals surface area (Å²) in [5, 5.41) is 3.21. The number of hydrogen-bond acceptors (Lipinski definition) is 3. The molecule has 2 rings (SSSR count). The number of carbonyl (C=O) groups excluding carboxylic acids is 1. The first kappa shape index (κ1) is 16.2. The van der Waals surface area contributed by atoms with E-state index in [0.717, 1.165) is 22.6 Å². The van der Waals surface area contributed by atoms with Gasteiger partial charge in [0.2, 0.25) is 5.91 Å². The Bertz CT molecular complexity index is 504. The van der Waals surface area contributed by atoms with Crippen LogP contribution in [0.5, 0.6) is 0 Å². The third-order valence-electron chi connectivity index (χ3n) is 4.74. The van der Waals surface area contributed by atoms with Gasteiger partial charge in [-0.05, 0) is 42.9 Å². The number of amides is 1. The molecule has 21 heavy (non-hydrogen) atoms. The minimum absolute atomic E-state index is 0.132. The molecule has 4 heteroatoms. The van der Waals surface area contributed by atoms with Gasteiger partial charge in [0.25, 0.3) is 0 Å². The van der Waals surface area contributed by atoms with Gasteiger partial charge in [-0.25, -0.2) is 0 Å². The normalized spacial score (nSPS) is 25.6. The Kier molecular flexibility index (Phi) is 5.57. The molecule has 0 aliphatic heterocycles. The summed E-state index contributed by atoms with van der Waals surface area (Å²) in [5.41, 5.74) is 7.75. The summed E-state index contributed by atoms with van der Waals surface area (Å²) in [6, 6.07) is 6.19. The van der Waals surface area contributed by atoms with E-state index >= 15 is 0 Å². The Hall–Kier alpha value is -1.16. The van der Waals surface area contributed by atoms with Gasteiger partial charge in [0.05, 0.1) is 5.75 Å². The Morgan fingerprint density at radius 2 is 2.14 bits per heavy atom. The molecule has 3 N–H and O–H groups in total. The second-order valence-corrected chi connectivity index (χ2v) is 7.22. The number of hydrogen-bond donors (Lipinski definition) is 2. The first-order valence-electron chi connectivity index (χ1n) is 7.76. The second kappa shape index (κ2) is 7.21. The molecule has 3 unspecified atom stereocenters. The molecule has 0 spiro atoms. The topological polar surface area (TPSA) is 55.1 Å². The Morgan fingerprint density at radius 3 is 2.90 bits per heavy atom. The van der Waals surface area contributed by atoms with Crippen LogP contribution < -0.4 is 11.1 Å². The summed E-state index contributed by atoms with van der Waals surface area (Å²) >= 11 is 1.57. The van der Waals surface area contributed by atoms with Crippen molar-refractivity contribution >= 4 is 23.4 Å². The summed E-state index contributed by atoms with van der Waals surface area (Å²) in [4.78, 5) is 13.3. The SMILES string of the molecule is Cc1c(N)cccc1SCC(=O)NC1CCCC(C)C1C. The first-order valence-corrected chi connectivity index (χ1v) is 8.75. The van der Waals surface area contributed by atoms with Crippen LogP contribution in [0.1, 0.15) is 38.7 Å². The lowest BCUT2D eigenvalue weighted by atomic mass is 9.78. The van der Waals surface area contributed by atoms with E-state index in [9.17, 15) is 4.79 Å². The molecule has 1 aromatic rings. The molecule has 1 fully saturated rings. The zero-order valence-corrected chi connectivity index (χ0v) is 14.0. The summed E-state index contributed by atoms with van der Waals surface area (Å²) in [7, 11) is 0. The minimum atomic E-state index is 0.132.